The summed E-state index contributed by atoms with van der Waals surface area (Å²) in [5.74, 6) is 1.13. The van der Waals surface area contributed by atoms with Gasteiger partial charge < -0.3 is 19.9 Å². The lowest BCUT2D eigenvalue weighted by Gasteiger charge is -2.26. The van der Waals surface area contributed by atoms with Crippen molar-refractivity contribution in [1.82, 2.24) is 19.9 Å². The monoisotopic (exact) mass is 376 g/mol. The second kappa shape index (κ2) is 9.66. The lowest BCUT2D eigenvalue weighted by Crippen LogP contribution is -2.37. The normalized spacial score (nSPS) is 14.7. The maximum absolute atomic E-state index is 6.05. The number of hydrogen-bond acceptors (Lipinski definition) is 7. The van der Waals surface area contributed by atoms with E-state index in [1.807, 2.05) is 6.07 Å². The molecular formula is C18H25ClN6O. The van der Waals surface area contributed by atoms with Crippen LogP contribution in [0.3, 0.4) is 0 Å². The van der Waals surface area contributed by atoms with E-state index in [9.17, 15) is 0 Å². The number of nitrogens with zero attached hydrogens (tertiary/aromatic N) is 5. The summed E-state index contributed by atoms with van der Waals surface area (Å²) in [6.07, 6.45) is 0.986. The molecule has 26 heavy (non-hydrogen) atoms. The highest BCUT2D eigenvalue weighted by Crippen LogP contribution is 2.15. The van der Waals surface area contributed by atoms with Crippen LogP contribution in [-0.2, 0) is 11.3 Å². The molecule has 2 aromatic rings. The Hall–Kier alpha value is -1.96. The molecule has 1 aliphatic heterocycles. The highest BCUT2D eigenvalue weighted by atomic mass is 35.5. The number of nitrogens with one attached hydrogen (secondary N) is 1. The van der Waals surface area contributed by atoms with Crippen LogP contribution >= 0.6 is 11.6 Å². The van der Waals surface area contributed by atoms with Crippen molar-refractivity contribution in [2.45, 2.75) is 13.0 Å². The zero-order chi connectivity index (χ0) is 18.2. The van der Waals surface area contributed by atoms with Gasteiger partial charge in [-0.05, 0) is 37.2 Å². The van der Waals surface area contributed by atoms with Gasteiger partial charge in [-0.25, -0.2) is 0 Å². The third kappa shape index (κ3) is 5.79. The molecule has 0 aliphatic carbocycles. The molecule has 7 nitrogen and oxygen atoms in total. The summed E-state index contributed by atoms with van der Waals surface area (Å²) in [6, 6.07) is 10.5. The summed E-state index contributed by atoms with van der Waals surface area (Å²) in [5, 5.41) is 3.47. The first-order valence-corrected chi connectivity index (χ1v) is 9.29. The summed E-state index contributed by atoms with van der Waals surface area (Å²) >= 11 is 6.05. The number of aromatic nitrogens is 3. The zero-order valence-corrected chi connectivity index (χ0v) is 15.8. The predicted octanol–water partition coefficient (Wildman–Crippen LogP) is 2.30. The van der Waals surface area contributed by atoms with E-state index >= 15 is 0 Å². The molecule has 1 saturated heterocycles. The van der Waals surface area contributed by atoms with Crippen LogP contribution in [0.15, 0.2) is 30.3 Å². The topological polar surface area (TPSA) is 66.4 Å². The van der Waals surface area contributed by atoms with Crippen molar-refractivity contribution >= 4 is 23.5 Å². The van der Waals surface area contributed by atoms with Gasteiger partial charge in [0.25, 0.3) is 0 Å². The molecule has 1 N–H and O–H groups in total. The molecule has 140 valence electrons. The van der Waals surface area contributed by atoms with E-state index in [2.05, 4.69) is 61.4 Å². The Morgan fingerprint density at radius 3 is 2.69 bits per heavy atom. The lowest BCUT2D eigenvalue weighted by atomic mass is 10.2. The second-order valence-corrected chi connectivity index (χ2v) is 6.67. The van der Waals surface area contributed by atoms with E-state index in [-0.39, 0.29) is 5.28 Å². The number of benzene rings is 1. The fourth-order valence-electron chi connectivity index (χ4n) is 2.85. The van der Waals surface area contributed by atoms with Gasteiger partial charge in [-0.3, -0.25) is 0 Å². The minimum absolute atomic E-state index is 0.213. The van der Waals surface area contributed by atoms with Crippen molar-refractivity contribution in [2.24, 2.45) is 0 Å². The summed E-state index contributed by atoms with van der Waals surface area (Å²) in [5.41, 5.74) is 1.32. The fourth-order valence-corrected chi connectivity index (χ4v) is 3.00. The van der Waals surface area contributed by atoms with E-state index in [0.29, 0.717) is 25.1 Å². The molecule has 0 bridgehead atoms. The highest BCUT2D eigenvalue weighted by Gasteiger charge is 2.16. The second-order valence-electron chi connectivity index (χ2n) is 6.33. The summed E-state index contributed by atoms with van der Waals surface area (Å²) < 4.78 is 5.36. The fraction of sp³-hybridized carbons (Fsp3) is 0.500. The quantitative estimate of drug-likeness (QED) is 0.709. The van der Waals surface area contributed by atoms with Crippen LogP contribution in [0.2, 0.25) is 5.28 Å². The molecule has 0 unspecified atom stereocenters. The average Bonchev–Trinajstić information content (AvgIpc) is 2.66. The lowest BCUT2D eigenvalue weighted by molar-refractivity contribution is 0.122. The van der Waals surface area contributed by atoms with Crippen molar-refractivity contribution in [3.05, 3.63) is 41.2 Å². The van der Waals surface area contributed by atoms with Crippen LogP contribution in [0.25, 0.3) is 0 Å². The van der Waals surface area contributed by atoms with Crippen LogP contribution in [0.4, 0.5) is 11.9 Å². The number of anilines is 2. The molecule has 0 saturated carbocycles. The molecule has 3 rings (SSSR count). The Kier molecular flexibility index (Phi) is 6.99. The van der Waals surface area contributed by atoms with E-state index in [1.165, 1.54) is 5.56 Å². The molecule has 1 aromatic carbocycles. The number of morpholine rings is 1. The first-order chi connectivity index (χ1) is 12.7. The molecule has 0 spiro atoms. The van der Waals surface area contributed by atoms with Gasteiger partial charge in [-0.2, -0.15) is 15.0 Å². The Bertz CT molecular complexity index is 681. The first-order valence-electron chi connectivity index (χ1n) is 8.91. The Morgan fingerprint density at radius 1 is 1.15 bits per heavy atom. The third-order valence-corrected chi connectivity index (χ3v) is 4.35. The SMILES string of the molecule is CN(CCCNc1nc(Cl)nc(N2CCOCC2)n1)Cc1ccccc1. The Labute approximate surface area is 159 Å². The summed E-state index contributed by atoms with van der Waals surface area (Å²) in [6.45, 7) is 5.60. The highest BCUT2D eigenvalue weighted by molar-refractivity contribution is 6.28. The van der Waals surface area contributed by atoms with Crippen LogP contribution in [0, 0.1) is 0 Å². The predicted molar refractivity (Wildman–Crippen MR) is 104 cm³/mol. The van der Waals surface area contributed by atoms with E-state index < -0.39 is 0 Å². The molecule has 1 aliphatic rings. The molecule has 8 heteroatoms. The molecule has 0 atom stereocenters. The largest absolute Gasteiger partial charge is 0.378 e. The van der Waals surface area contributed by atoms with Crippen molar-refractivity contribution in [3.8, 4) is 0 Å². The number of hydrogen-bond donors (Lipinski definition) is 1. The summed E-state index contributed by atoms with van der Waals surface area (Å²) in [7, 11) is 2.13. The van der Waals surface area contributed by atoms with Gasteiger partial charge in [-0.1, -0.05) is 30.3 Å². The molecule has 0 amide bonds. The van der Waals surface area contributed by atoms with E-state index in [0.717, 1.165) is 39.1 Å². The zero-order valence-electron chi connectivity index (χ0n) is 15.1. The van der Waals surface area contributed by atoms with Crippen LogP contribution in [0.5, 0.6) is 0 Å². The van der Waals surface area contributed by atoms with Crippen molar-refractivity contribution in [1.29, 1.82) is 0 Å². The average molecular weight is 377 g/mol. The molecular weight excluding hydrogens is 352 g/mol. The van der Waals surface area contributed by atoms with E-state index in [4.69, 9.17) is 16.3 Å². The smallest absolute Gasteiger partial charge is 0.231 e. The molecule has 1 aromatic heterocycles. The third-order valence-electron chi connectivity index (χ3n) is 4.19. The minimum atomic E-state index is 0.213. The van der Waals surface area contributed by atoms with Crippen molar-refractivity contribution < 1.29 is 4.74 Å². The molecule has 2 heterocycles. The van der Waals surface area contributed by atoms with Gasteiger partial charge in [0.15, 0.2) is 0 Å². The Balaban J connectivity index is 1.45. The van der Waals surface area contributed by atoms with Gasteiger partial charge in [0.05, 0.1) is 13.2 Å². The Morgan fingerprint density at radius 2 is 1.92 bits per heavy atom. The first kappa shape index (κ1) is 18.8. The number of ether oxygens (including phenoxy) is 1. The standard InChI is InChI=1S/C18H25ClN6O/c1-24(14-15-6-3-2-4-7-15)9-5-8-20-17-21-16(19)22-18(23-17)25-10-12-26-13-11-25/h2-4,6-7H,5,8-14H2,1H3,(H,20,21,22,23). The van der Waals surface area contributed by atoms with E-state index in [1.54, 1.807) is 0 Å². The van der Waals surface area contributed by atoms with Gasteiger partial charge in [0.2, 0.25) is 17.2 Å². The minimum Gasteiger partial charge on any atom is -0.378 e. The van der Waals surface area contributed by atoms with Gasteiger partial charge in [0, 0.05) is 26.2 Å². The van der Waals surface area contributed by atoms with Crippen LogP contribution in [-0.4, -0.2) is 66.3 Å². The van der Waals surface area contributed by atoms with Crippen molar-refractivity contribution in [2.75, 3.05) is 56.7 Å². The number of rotatable bonds is 8. The maximum atomic E-state index is 6.05. The maximum Gasteiger partial charge on any atom is 0.231 e. The van der Waals surface area contributed by atoms with Crippen molar-refractivity contribution in [3.63, 3.8) is 0 Å². The van der Waals surface area contributed by atoms with Gasteiger partial charge >= 0.3 is 0 Å². The van der Waals surface area contributed by atoms with Crippen LogP contribution in [0.1, 0.15) is 12.0 Å². The molecule has 0 radical (unpaired) electrons. The number of halogens is 1. The molecule has 1 fully saturated rings. The summed E-state index contributed by atoms with van der Waals surface area (Å²) in [4.78, 5) is 17.2. The van der Waals surface area contributed by atoms with Gasteiger partial charge in [0.1, 0.15) is 0 Å². The van der Waals surface area contributed by atoms with Gasteiger partial charge in [-0.15, -0.1) is 0 Å². The van der Waals surface area contributed by atoms with Crippen LogP contribution < -0.4 is 10.2 Å².